The summed E-state index contributed by atoms with van der Waals surface area (Å²) in [5.74, 6) is 2.21. The highest BCUT2D eigenvalue weighted by Crippen LogP contribution is 2.39. The number of aromatic nitrogens is 2. The lowest BCUT2D eigenvalue weighted by Gasteiger charge is -2.17. The average Bonchev–Trinajstić information content (AvgIpc) is 3.41. The summed E-state index contributed by atoms with van der Waals surface area (Å²) >= 11 is 0. The van der Waals surface area contributed by atoms with Crippen molar-refractivity contribution in [2.24, 2.45) is 0 Å². The molecule has 1 aromatic heterocycles. The highest BCUT2D eigenvalue weighted by Gasteiger charge is 2.20. The highest BCUT2D eigenvalue weighted by atomic mass is 33.1. The van der Waals surface area contributed by atoms with Crippen molar-refractivity contribution in [2.75, 3.05) is 5.75 Å². The van der Waals surface area contributed by atoms with Gasteiger partial charge in [0.1, 0.15) is 5.82 Å². The van der Waals surface area contributed by atoms with Crippen LogP contribution in [0.25, 0.3) is 11.0 Å². The molecule has 4 nitrogen and oxygen atoms in total. The van der Waals surface area contributed by atoms with Gasteiger partial charge in [0, 0.05) is 17.4 Å². The van der Waals surface area contributed by atoms with Crippen molar-refractivity contribution < 1.29 is 4.79 Å². The maximum atomic E-state index is 12.7. The molecule has 0 radical (unpaired) electrons. The Morgan fingerprint density at radius 2 is 1.97 bits per heavy atom. The number of carbonyl (C=O) groups is 1. The van der Waals surface area contributed by atoms with E-state index in [4.69, 9.17) is 4.98 Å². The van der Waals surface area contributed by atoms with E-state index in [1.165, 1.54) is 24.2 Å². The molecule has 2 atom stereocenters. The van der Waals surface area contributed by atoms with Gasteiger partial charge in [-0.25, -0.2) is 4.98 Å². The standard InChI is InChI=1S/C23H27N3OS2/c27-22(13-7-4-10-18-14-15-28-29-18)24-21(16-17-8-2-1-3-9-17)23-25-19-11-5-6-12-20(19)26-23/h1-3,5-6,8-9,11-12,18,21H,4,7,10,13-16H2,(H,24,27)(H,25,26)/t18-,21-/m1/s1. The lowest BCUT2D eigenvalue weighted by atomic mass is 10.0. The number of imidazole rings is 1. The molecule has 2 heterocycles. The Morgan fingerprint density at radius 3 is 2.76 bits per heavy atom. The second-order valence-electron chi connectivity index (χ2n) is 7.52. The molecule has 1 aliphatic heterocycles. The van der Waals surface area contributed by atoms with Gasteiger partial charge in [-0.1, -0.05) is 70.5 Å². The van der Waals surface area contributed by atoms with E-state index < -0.39 is 0 Å². The van der Waals surface area contributed by atoms with Gasteiger partial charge in [-0.2, -0.15) is 0 Å². The van der Waals surface area contributed by atoms with Crippen LogP contribution in [0.15, 0.2) is 54.6 Å². The maximum Gasteiger partial charge on any atom is 0.220 e. The number of nitrogens with one attached hydrogen (secondary N) is 2. The Labute approximate surface area is 180 Å². The van der Waals surface area contributed by atoms with Gasteiger partial charge in [0.05, 0.1) is 17.1 Å². The summed E-state index contributed by atoms with van der Waals surface area (Å²) in [6.07, 6.45) is 5.92. The fourth-order valence-electron chi connectivity index (χ4n) is 3.69. The second kappa shape index (κ2) is 10.2. The first-order valence-corrected chi connectivity index (χ1v) is 12.7. The minimum absolute atomic E-state index is 0.111. The molecule has 1 fully saturated rings. The van der Waals surface area contributed by atoms with Gasteiger partial charge in [-0.15, -0.1) is 0 Å². The third kappa shape index (κ3) is 5.80. The van der Waals surface area contributed by atoms with Crippen molar-refractivity contribution in [1.29, 1.82) is 0 Å². The third-order valence-corrected chi connectivity index (χ3v) is 8.27. The molecule has 0 spiro atoms. The van der Waals surface area contributed by atoms with Crippen LogP contribution in [0.3, 0.4) is 0 Å². The number of benzene rings is 2. The number of amides is 1. The van der Waals surface area contributed by atoms with E-state index in [0.29, 0.717) is 6.42 Å². The zero-order valence-electron chi connectivity index (χ0n) is 16.5. The number of fused-ring (bicyclic) bond motifs is 1. The molecule has 0 saturated carbocycles. The van der Waals surface area contributed by atoms with Crippen LogP contribution < -0.4 is 5.32 Å². The summed E-state index contributed by atoms with van der Waals surface area (Å²) in [5.41, 5.74) is 3.12. The largest absolute Gasteiger partial charge is 0.346 e. The molecule has 1 saturated heterocycles. The van der Waals surface area contributed by atoms with Gasteiger partial charge >= 0.3 is 0 Å². The maximum absolute atomic E-state index is 12.7. The lowest BCUT2D eigenvalue weighted by molar-refractivity contribution is -0.122. The molecule has 3 aromatic rings. The quantitative estimate of drug-likeness (QED) is 0.342. The summed E-state index contributed by atoms with van der Waals surface area (Å²) in [6, 6.07) is 18.1. The molecule has 0 unspecified atom stereocenters. The van der Waals surface area contributed by atoms with Gasteiger partial charge in [-0.05, 0) is 43.4 Å². The van der Waals surface area contributed by atoms with E-state index in [9.17, 15) is 4.79 Å². The van der Waals surface area contributed by atoms with Gasteiger partial charge in [0.15, 0.2) is 0 Å². The summed E-state index contributed by atoms with van der Waals surface area (Å²) in [4.78, 5) is 20.8. The van der Waals surface area contributed by atoms with E-state index in [1.54, 1.807) is 0 Å². The summed E-state index contributed by atoms with van der Waals surface area (Å²) in [6.45, 7) is 0. The predicted molar refractivity (Wildman–Crippen MR) is 124 cm³/mol. The van der Waals surface area contributed by atoms with Crippen LogP contribution in [0.4, 0.5) is 0 Å². The minimum atomic E-state index is -0.154. The van der Waals surface area contributed by atoms with Gasteiger partial charge in [0.25, 0.3) is 0 Å². The number of H-pyrrole nitrogens is 1. The van der Waals surface area contributed by atoms with Crippen LogP contribution in [0.5, 0.6) is 0 Å². The van der Waals surface area contributed by atoms with E-state index >= 15 is 0 Å². The fraction of sp³-hybridized carbons (Fsp3) is 0.391. The number of rotatable bonds is 9. The molecule has 2 N–H and O–H groups in total. The average molecular weight is 426 g/mol. The number of unbranched alkanes of at least 4 members (excludes halogenated alkanes) is 1. The molecule has 0 bridgehead atoms. The first-order chi connectivity index (χ1) is 14.3. The predicted octanol–water partition coefficient (Wildman–Crippen LogP) is 5.68. The number of carbonyl (C=O) groups excluding carboxylic acids is 1. The highest BCUT2D eigenvalue weighted by molar-refractivity contribution is 8.77. The molecule has 1 amide bonds. The van der Waals surface area contributed by atoms with E-state index in [0.717, 1.165) is 41.4 Å². The molecule has 29 heavy (non-hydrogen) atoms. The Hall–Kier alpha value is -1.92. The molecule has 0 aliphatic carbocycles. The van der Waals surface area contributed by atoms with E-state index in [1.807, 2.05) is 64.1 Å². The van der Waals surface area contributed by atoms with Crippen molar-refractivity contribution in [1.82, 2.24) is 15.3 Å². The van der Waals surface area contributed by atoms with Crippen LogP contribution in [-0.4, -0.2) is 26.9 Å². The first-order valence-electron chi connectivity index (χ1n) is 10.3. The van der Waals surface area contributed by atoms with Crippen LogP contribution in [0.1, 0.15) is 49.5 Å². The number of hydrogen-bond donors (Lipinski definition) is 2. The number of para-hydroxylation sites is 2. The summed E-state index contributed by atoms with van der Waals surface area (Å²) in [5, 5.41) is 4.01. The second-order valence-corrected chi connectivity index (χ2v) is 10.3. The van der Waals surface area contributed by atoms with Crippen molar-refractivity contribution >= 4 is 38.5 Å². The zero-order valence-corrected chi connectivity index (χ0v) is 18.1. The fourth-order valence-corrected chi connectivity index (χ4v) is 6.72. The number of aromatic amines is 1. The van der Waals surface area contributed by atoms with Crippen molar-refractivity contribution in [3.8, 4) is 0 Å². The minimum Gasteiger partial charge on any atom is -0.346 e. The van der Waals surface area contributed by atoms with Crippen molar-refractivity contribution in [3.63, 3.8) is 0 Å². The molecular formula is C23H27N3OS2. The van der Waals surface area contributed by atoms with Crippen molar-refractivity contribution in [3.05, 3.63) is 66.0 Å². The normalized spacial score (nSPS) is 17.4. The summed E-state index contributed by atoms with van der Waals surface area (Å²) in [7, 11) is 4.00. The Balaban J connectivity index is 1.38. The van der Waals surface area contributed by atoms with Crippen LogP contribution in [0, 0.1) is 0 Å². The smallest absolute Gasteiger partial charge is 0.220 e. The number of hydrogen-bond acceptors (Lipinski definition) is 4. The zero-order chi connectivity index (χ0) is 19.9. The van der Waals surface area contributed by atoms with E-state index in [2.05, 4.69) is 22.4 Å². The van der Waals surface area contributed by atoms with Gasteiger partial charge < -0.3 is 10.3 Å². The molecule has 4 rings (SSSR count). The Kier molecular flexibility index (Phi) is 7.17. The molecule has 1 aliphatic rings. The Bertz CT molecular complexity index is 889. The molecule has 2 aromatic carbocycles. The van der Waals surface area contributed by atoms with Crippen LogP contribution in [-0.2, 0) is 11.2 Å². The first kappa shape index (κ1) is 20.4. The van der Waals surface area contributed by atoms with E-state index in [-0.39, 0.29) is 11.9 Å². The summed E-state index contributed by atoms with van der Waals surface area (Å²) < 4.78 is 0. The SMILES string of the molecule is O=C(CCCC[C@@H]1CCSS1)N[C@H](Cc1ccccc1)c1nc2ccccc2[nH]1. The molecule has 152 valence electrons. The number of nitrogens with zero attached hydrogens (tertiary/aromatic N) is 1. The van der Waals surface area contributed by atoms with Gasteiger partial charge in [-0.3, -0.25) is 4.79 Å². The third-order valence-electron chi connectivity index (χ3n) is 5.26. The van der Waals surface area contributed by atoms with Crippen LogP contribution in [0.2, 0.25) is 0 Å². The molecular weight excluding hydrogens is 398 g/mol. The lowest BCUT2D eigenvalue weighted by Crippen LogP contribution is -2.30. The molecule has 6 heteroatoms. The van der Waals surface area contributed by atoms with Gasteiger partial charge in [0.2, 0.25) is 5.91 Å². The Morgan fingerprint density at radius 1 is 1.14 bits per heavy atom. The van der Waals surface area contributed by atoms with Crippen molar-refractivity contribution in [2.45, 2.75) is 49.8 Å². The van der Waals surface area contributed by atoms with Crippen LogP contribution >= 0.6 is 21.6 Å². The monoisotopic (exact) mass is 425 g/mol. The topological polar surface area (TPSA) is 57.8 Å².